The average Bonchev–Trinajstić information content (AvgIpc) is 3.33. The summed E-state index contributed by atoms with van der Waals surface area (Å²) in [6.45, 7) is 2.76. The van der Waals surface area contributed by atoms with Crippen molar-refractivity contribution < 1.29 is 9.53 Å². The van der Waals surface area contributed by atoms with Crippen LogP contribution in [0.2, 0.25) is 0 Å². The topological polar surface area (TPSA) is 129 Å². The molecule has 0 aliphatic heterocycles. The van der Waals surface area contributed by atoms with Crippen LogP contribution in [0.4, 0.5) is 11.6 Å². The van der Waals surface area contributed by atoms with Crippen LogP contribution in [-0.4, -0.2) is 45.8 Å². The molecule has 4 rings (SSSR count). The van der Waals surface area contributed by atoms with Crippen LogP contribution in [0.5, 0.6) is 0 Å². The van der Waals surface area contributed by atoms with Gasteiger partial charge in [0.25, 0.3) is 6.47 Å². The Morgan fingerprint density at radius 3 is 2.69 bits per heavy atom. The number of H-pyrrole nitrogens is 1. The molecule has 29 heavy (non-hydrogen) atoms. The van der Waals surface area contributed by atoms with Crippen LogP contribution in [0, 0.1) is 17.2 Å². The number of nitrogens with one attached hydrogen (secondary N) is 3. The summed E-state index contributed by atoms with van der Waals surface area (Å²) in [5, 5.41) is 22.1. The van der Waals surface area contributed by atoms with Gasteiger partial charge in [-0.1, -0.05) is 0 Å². The molecule has 0 radical (unpaired) electrons. The summed E-state index contributed by atoms with van der Waals surface area (Å²) in [6, 6.07) is 4.59. The lowest BCUT2D eigenvalue weighted by Crippen LogP contribution is -2.22. The SMILES string of the molecule is CNC(C)C1CC1.N#Cc1cnc(Nc2cc(C3CCC(OC=O)C3)[nH]n2)cn1. The molecule has 0 saturated heterocycles. The van der Waals surface area contributed by atoms with Crippen LogP contribution in [0.1, 0.15) is 56.3 Å². The molecule has 3 N–H and O–H groups in total. The number of rotatable bonds is 7. The Labute approximate surface area is 170 Å². The Morgan fingerprint density at radius 1 is 1.28 bits per heavy atom. The molecule has 154 valence electrons. The van der Waals surface area contributed by atoms with Crippen molar-refractivity contribution in [1.29, 1.82) is 5.26 Å². The van der Waals surface area contributed by atoms with Crippen LogP contribution in [0.3, 0.4) is 0 Å². The molecule has 2 aliphatic rings. The minimum absolute atomic E-state index is 0.00778. The Kier molecular flexibility index (Phi) is 7.14. The average molecular weight is 397 g/mol. The zero-order valence-corrected chi connectivity index (χ0v) is 16.8. The number of hydrogen-bond donors (Lipinski definition) is 3. The number of nitrogens with zero attached hydrogens (tertiary/aromatic N) is 4. The molecule has 2 fully saturated rings. The predicted octanol–water partition coefficient (Wildman–Crippen LogP) is 2.63. The Morgan fingerprint density at radius 2 is 2.10 bits per heavy atom. The van der Waals surface area contributed by atoms with Gasteiger partial charge in [0.15, 0.2) is 11.5 Å². The van der Waals surface area contributed by atoms with Crippen molar-refractivity contribution in [2.45, 2.75) is 57.1 Å². The molecule has 0 bridgehead atoms. The Bertz CT molecular complexity index is 826. The minimum atomic E-state index is -0.00778. The molecule has 2 heterocycles. The lowest BCUT2D eigenvalue weighted by molar-refractivity contribution is -0.133. The maximum absolute atomic E-state index is 10.4. The molecule has 3 atom stereocenters. The molecule has 9 heteroatoms. The highest BCUT2D eigenvalue weighted by Gasteiger charge is 2.28. The van der Waals surface area contributed by atoms with Crippen molar-refractivity contribution >= 4 is 18.1 Å². The first kappa shape index (κ1) is 20.7. The molecular weight excluding hydrogens is 370 g/mol. The van der Waals surface area contributed by atoms with E-state index in [1.807, 2.05) is 19.2 Å². The second-order valence-electron chi connectivity index (χ2n) is 7.51. The molecular formula is C20H27N7O2. The number of nitriles is 1. The molecule has 3 unspecified atom stereocenters. The molecule has 2 aliphatic carbocycles. The number of hydrogen-bond acceptors (Lipinski definition) is 8. The first-order valence-corrected chi connectivity index (χ1v) is 9.93. The van der Waals surface area contributed by atoms with Gasteiger partial charge in [0.2, 0.25) is 0 Å². The van der Waals surface area contributed by atoms with E-state index in [1.165, 1.54) is 25.2 Å². The minimum Gasteiger partial charge on any atom is -0.465 e. The third-order valence-corrected chi connectivity index (χ3v) is 5.48. The third kappa shape index (κ3) is 5.99. The van der Waals surface area contributed by atoms with E-state index in [2.05, 4.69) is 37.7 Å². The van der Waals surface area contributed by atoms with Gasteiger partial charge in [-0.2, -0.15) is 10.4 Å². The molecule has 0 spiro atoms. The summed E-state index contributed by atoms with van der Waals surface area (Å²) < 4.78 is 5.00. The van der Waals surface area contributed by atoms with Crippen LogP contribution < -0.4 is 10.6 Å². The third-order valence-electron chi connectivity index (χ3n) is 5.48. The van der Waals surface area contributed by atoms with Gasteiger partial charge >= 0.3 is 0 Å². The summed E-state index contributed by atoms with van der Waals surface area (Å²) in [5.41, 5.74) is 1.27. The zero-order chi connectivity index (χ0) is 20.6. The molecule has 9 nitrogen and oxygen atoms in total. The molecule has 0 aromatic carbocycles. The number of anilines is 2. The van der Waals surface area contributed by atoms with Crippen LogP contribution in [-0.2, 0) is 9.53 Å². The van der Waals surface area contributed by atoms with Crippen molar-refractivity contribution in [3.05, 3.63) is 29.8 Å². The standard InChI is InChI=1S/C14H14N6O2.C6H13N/c15-5-10-6-17-14(7-16-10)18-13-4-12(19-20-13)9-1-2-11(3-9)22-8-21;1-5(7-2)6-3-4-6/h4,6-9,11H,1-3H2,(H2,17,18,19,20);5-7H,3-4H2,1-2H3. The molecule has 2 aromatic rings. The zero-order valence-electron chi connectivity index (χ0n) is 16.8. The van der Waals surface area contributed by atoms with E-state index in [1.54, 1.807) is 0 Å². The Hall–Kier alpha value is -2.99. The van der Waals surface area contributed by atoms with Gasteiger partial charge in [-0.3, -0.25) is 9.89 Å². The summed E-state index contributed by atoms with van der Waals surface area (Å²) in [7, 11) is 2.03. The van der Waals surface area contributed by atoms with E-state index in [-0.39, 0.29) is 11.8 Å². The normalized spacial score (nSPS) is 21.4. The fourth-order valence-corrected chi connectivity index (χ4v) is 3.45. The van der Waals surface area contributed by atoms with Crippen LogP contribution >= 0.6 is 0 Å². The summed E-state index contributed by atoms with van der Waals surface area (Å²) >= 11 is 0. The molecule has 2 saturated carbocycles. The van der Waals surface area contributed by atoms with Crippen LogP contribution in [0.25, 0.3) is 0 Å². The van der Waals surface area contributed by atoms with Crippen molar-refractivity contribution in [3.63, 3.8) is 0 Å². The molecule has 0 amide bonds. The monoisotopic (exact) mass is 397 g/mol. The predicted molar refractivity (Wildman–Crippen MR) is 107 cm³/mol. The second-order valence-corrected chi connectivity index (χ2v) is 7.51. The fourth-order valence-electron chi connectivity index (χ4n) is 3.45. The fraction of sp³-hybridized carbons (Fsp3) is 0.550. The Balaban J connectivity index is 0.000000290. The van der Waals surface area contributed by atoms with E-state index >= 15 is 0 Å². The van der Waals surface area contributed by atoms with Crippen molar-refractivity contribution in [1.82, 2.24) is 25.5 Å². The van der Waals surface area contributed by atoms with E-state index in [0.29, 0.717) is 24.0 Å². The van der Waals surface area contributed by atoms with Gasteiger partial charge in [-0.05, 0) is 52.0 Å². The van der Waals surface area contributed by atoms with Gasteiger partial charge in [-0.15, -0.1) is 0 Å². The number of aromatic nitrogens is 4. The lowest BCUT2D eigenvalue weighted by atomic mass is 10.0. The van der Waals surface area contributed by atoms with Crippen LogP contribution in [0.15, 0.2) is 18.5 Å². The van der Waals surface area contributed by atoms with E-state index < -0.39 is 0 Å². The highest BCUT2D eigenvalue weighted by Crippen LogP contribution is 2.35. The lowest BCUT2D eigenvalue weighted by Gasteiger charge is -2.07. The van der Waals surface area contributed by atoms with E-state index in [4.69, 9.17) is 10.00 Å². The summed E-state index contributed by atoms with van der Waals surface area (Å²) in [4.78, 5) is 18.4. The smallest absolute Gasteiger partial charge is 0.293 e. The van der Waals surface area contributed by atoms with Crippen molar-refractivity contribution in [2.24, 2.45) is 5.92 Å². The van der Waals surface area contributed by atoms with Gasteiger partial charge < -0.3 is 15.4 Å². The summed E-state index contributed by atoms with van der Waals surface area (Å²) in [6.07, 6.45) is 8.39. The number of aromatic amines is 1. The maximum atomic E-state index is 10.4. The first-order valence-electron chi connectivity index (χ1n) is 9.93. The second kappa shape index (κ2) is 9.98. The number of carbonyl (C=O) groups excluding carboxylic acids is 1. The molecule has 2 aromatic heterocycles. The number of ether oxygens (including phenoxy) is 1. The quantitative estimate of drug-likeness (QED) is 0.608. The largest absolute Gasteiger partial charge is 0.465 e. The number of carbonyl (C=O) groups is 1. The van der Waals surface area contributed by atoms with Crippen molar-refractivity contribution in [3.8, 4) is 6.07 Å². The van der Waals surface area contributed by atoms with Gasteiger partial charge in [-0.25, -0.2) is 9.97 Å². The first-order chi connectivity index (χ1) is 14.1. The maximum Gasteiger partial charge on any atom is 0.293 e. The summed E-state index contributed by atoms with van der Waals surface area (Å²) in [5.74, 6) is 2.46. The van der Waals surface area contributed by atoms with Crippen molar-refractivity contribution in [2.75, 3.05) is 12.4 Å². The van der Waals surface area contributed by atoms with E-state index in [0.717, 1.165) is 36.9 Å². The van der Waals surface area contributed by atoms with E-state index in [9.17, 15) is 4.79 Å². The van der Waals surface area contributed by atoms with Gasteiger partial charge in [0.1, 0.15) is 18.0 Å². The van der Waals surface area contributed by atoms with Gasteiger partial charge in [0.05, 0.1) is 12.4 Å². The highest BCUT2D eigenvalue weighted by atomic mass is 16.5. The van der Waals surface area contributed by atoms with Gasteiger partial charge in [0, 0.05) is 23.7 Å². The highest BCUT2D eigenvalue weighted by molar-refractivity contribution is 5.51.